The van der Waals surface area contributed by atoms with E-state index in [4.69, 9.17) is 21.1 Å². The molecule has 0 atom stereocenters. The number of aryl methyl sites for hydroxylation is 1. The summed E-state index contributed by atoms with van der Waals surface area (Å²) in [6, 6.07) is 13.7. The van der Waals surface area contributed by atoms with Crippen molar-refractivity contribution in [1.82, 2.24) is 0 Å². The maximum absolute atomic E-state index is 5.87. The van der Waals surface area contributed by atoms with E-state index in [0.717, 1.165) is 41.4 Å². The number of hydrogen-bond acceptors (Lipinski definition) is 2. The zero-order valence-electron chi connectivity index (χ0n) is 11.9. The van der Waals surface area contributed by atoms with Gasteiger partial charge >= 0.3 is 0 Å². The van der Waals surface area contributed by atoms with Crippen LogP contribution in [0.3, 0.4) is 0 Å². The molecule has 0 saturated heterocycles. The van der Waals surface area contributed by atoms with Crippen molar-refractivity contribution >= 4 is 11.6 Å². The maximum atomic E-state index is 5.87. The number of benzene rings is 2. The molecule has 106 valence electrons. The molecule has 0 spiro atoms. The largest absolute Gasteiger partial charge is 0.494 e. The van der Waals surface area contributed by atoms with Gasteiger partial charge in [-0.1, -0.05) is 19.1 Å². The van der Waals surface area contributed by atoms with Gasteiger partial charge in [0.2, 0.25) is 0 Å². The number of ether oxygens (including phenoxy) is 2. The van der Waals surface area contributed by atoms with Crippen LogP contribution in [0.2, 0.25) is 0 Å². The van der Waals surface area contributed by atoms with Crippen LogP contribution in [0.15, 0.2) is 42.5 Å². The molecule has 2 rings (SSSR count). The van der Waals surface area contributed by atoms with Crippen molar-refractivity contribution in [2.24, 2.45) is 0 Å². The second-order valence-electron chi connectivity index (χ2n) is 4.66. The first-order chi connectivity index (χ1) is 9.72. The lowest BCUT2D eigenvalue weighted by molar-refractivity contribution is 0.317. The van der Waals surface area contributed by atoms with E-state index < -0.39 is 0 Å². The van der Waals surface area contributed by atoms with Crippen LogP contribution >= 0.6 is 11.6 Å². The highest BCUT2D eigenvalue weighted by Gasteiger charge is 2.03. The maximum Gasteiger partial charge on any atom is 0.130 e. The first-order valence-corrected chi connectivity index (χ1v) is 7.32. The smallest absolute Gasteiger partial charge is 0.130 e. The van der Waals surface area contributed by atoms with E-state index in [1.807, 2.05) is 49.4 Å². The van der Waals surface area contributed by atoms with E-state index in [-0.39, 0.29) is 0 Å². The van der Waals surface area contributed by atoms with Gasteiger partial charge in [0.1, 0.15) is 17.2 Å². The van der Waals surface area contributed by atoms with E-state index in [1.54, 1.807) is 0 Å². The third-order valence-electron chi connectivity index (χ3n) is 2.92. The second-order valence-corrected chi connectivity index (χ2v) is 4.92. The molecule has 0 saturated carbocycles. The molecule has 0 aliphatic carbocycles. The fraction of sp³-hybridized carbons (Fsp3) is 0.294. The van der Waals surface area contributed by atoms with Gasteiger partial charge in [-0.25, -0.2) is 0 Å². The van der Waals surface area contributed by atoms with Crippen molar-refractivity contribution in [3.63, 3.8) is 0 Å². The Bertz CT molecular complexity index is 549. The molecule has 0 aliphatic rings. The van der Waals surface area contributed by atoms with Gasteiger partial charge in [-0.3, -0.25) is 0 Å². The summed E-state index contributed by atoms with van der Waals surface area (Å²) in [5.74, 6) is 3.04. The van der Waals surface area contributed by atoms with Gasteiger partial charge in [0, 0.05) is 5.88 Å². The Balaban J connectivity index is 2.06. The SMILES string of the molecule is CCCOc1ccc(Oc2ccc(CCl)cc2C)cc1. The third-order valence-corrected chi connectivity index (χ3v) is 3.23. The Labute approximate surface area is 125 Å². The average Bonchev–Trinajstić information content (AvgIpc) is 2.48. The molecule has 0 radical (unpaired) electrons. The average molecular weight is 291 g/mol. The normalized spacial score (nSPS) is 10.3. The lowest BCUT2D eigenvalue weighted by atomic mass is 10.1. The number of halogens is 1. The summed E-state index contributed by atoms with van der Waals surface area (Å²) < 4.78 is 11.4. The fourth-order valence-electron chi connectivity index (χ4n) is 1.86. The van der Waals surface area contributed by atoms with Crippen LogP contribution in [0.5, 0.6) is 17.2 Å². The van der Waals surface area contributed by atoms with E-state index in [9.17, 15) is 0 Å². The molecule has 0 amide bonds. The van der Waals surface area contributed by atoms with Gasteiger partial charge in [0.05, 0.1) is 6.61 Å². The molecule has 2 nitrogen and oxygen atoms in total. The first-order valence-electron chi connectivity index (χ1n) is 6.79. The minimum absolute atomic E-state index is 0.518. The van der Waals surface area contributed by atoms with Gasteiger partial charge in [-0.15, -0.1) is 11.6 Å². The highest BCUT2D eigenvalue weighted by Crippen LogP contribution is 2.27. The molecule has 20 heavy (non-hydrogen) atoms. The second kappa shape index (κ2) is 7.20. The molecule has 2 aromatic rings. The van der Waals surface area contributed by atoms with Crippen molar-refractivity contribution in [3.05, 3.63) is 53.6 Å². The van der Waals surface area contributed by atoms with Crippen LogP contribution < -0.4 is 9.47 Å². The highest BCUT2D eigenvalue weighted by atomic mass is 35.5. The van der Waals surface area contributed by atoms with E-state index >= 15 is 0 Å². The van der Waals surface area contributed by atoms with Gasteiger partial charge in [0.25, 0.3) is 0 Å². The van der Waals surface area contributed by atoms with Crippen LogP contribution in [-0.4, -0.2) is 6.61 Å². The molecule has 2 aromatic carbocycles. The zero-order chi connectivity index (χ0) is 14.4. The summed E-state index contributed by atoms with van der Waals surface area (Å²) >= 11 is 5.82. The Morgan fingerprint density at radius 2 is 1.70 bits per heavy atom. The summed E-state index contributed by atoms with van der Waals surface area (Å²) in [6.07, 6.45) is 1.00. The standard InChI is InChI=1S/C17H19ClO2/c1-3-10-19-15-5-7-16(8-6-15)20-17-9-4-14(12-18)11-13(17)2/h4-9,11H,3,10,12H2,1-2H3. The molecular weight excluding hydrogens is 272 g/mol. The quantitative estimate of drug-likeness (QED) is 0.671. The van der Waals surface area contributed by atoms with E-state index in [0.29, 0.717) is 5.88 Å². The molecule has 3 heteroatoms. The summed E-state index contributed by atoms with van der Waals surface area (Å²) in [5.41, 5.74) is 2.18. The lowest BCUT2D eigenvalue weighted by Gasteiger charge is -2.10. The van der Waals surface area contributed by atoms with E-state index in [2.05, 4.69) is 6.92 Å². The predicted molar refractivity (Wildman–Crippen MR) is 83.0 cm³/mol. The van der Waals surface area contributed by atoms with Crippen molar-refractivity contribution in [2.45, 2.75) is 26.1 Å². The summed E-state index contributed by atoms with van der Waals surface area (Å²) in [4.78, 5) is 0. The van der Waals surface area contributed by atoms with Crippen LogP contribution in [0.25, 0.3) is 0 Å². The van der Waals surface area contributed by atoms with Crippen LogP contribution in [-0.2, 0) is 5.88 Å². The van der Waals surface area contributed by atoms with Crippen LogP contribution in [0, 0.1) is 6.92 Å². The monoisotopic (exact) mass is 290 g/mol. The minimum Gasteiger partial charge on any atom is -0.494 e. The third kappa shape index (κ3) is 3.91. The Kier molecular flexibility index (Phi) is 5.31. The van der Waals surface area contributed by atoms with Crippen molar-refractivity contribution in [3.8, 4) is 17.2 Å². The van der Waals surface area contributed by atoms with Crippen LogP contribution in [0.4, 0.5) is 0 Å². The predicted octanol–water partition coefficient (Wildman–Crippen LogP) is 5.31. The van der Waals surface area contributed by atoms with Crippen molar-refractivity contribution < 1.29 is 9.47 Å². The number of hydrogen-bond donors (Lipinski definition) is 0. The van der Waals surface area contributed by atoms with E-state index in [1.165, 1.54) is 0 Å². The lowest BCUT2D eigenvalue weighted by Crippen LogP contribution is -1.94. The van der Waals surface area contributed by atoms with Gasteiger partial charge in [-0.05, 0) is 54.8 Å². The summed E-state index contributed by atoms with van der Waals surface area (Å²) in [7, 11) is 0. The molecule has 0 heterocycles. The van der Waals surface area contributed by atoms with Crippen molar-refractivity contribution in [2.75, 3.05) is 6.61 Å². The van der Waals surface area contributed by atoms with Gasteiger partial charge in [-0.2, -0.15) is 0 Å². The van der Waals surface area contributed by atoms with Crippen LogP contribution in [0.1, 0.15) is 24.5 Å². The van der Waals surface area contributed by atoms with Gasteiger partial charge < -0.3 is 9.47 Å². The molecular formula is C17H19ClO2. The number of alkyl halides is 1. The summed E-state index contributed by atoms with van der Waals surface area (Å²) in [6.45, 7) is 4.84. The molecule has 0 aromatic heterocycles. The Morgan fingerprint density at radius 1 is 1.00 bits per heavy atom. The molecule has 0 unspecified atom stereocenters. The highest BCUT2D eigenvalue weighted by molar-refractivity contribution is 6.17. The molecule has 0 aliphatic heterocycles. The first kappa shape index (κ1) is 14.7. The molecule has 0 bridgehead atoms. The molecule has 0 N–H and O–H groups in total. The number of rotatable bonds is 6. The van der Waals surface area contributed by atoms with Gasteiger partial charge in [0.15, 0.2) is 0 Å². The minimum atomic E-state index is 0.518. The Hall–Kier alpha value is -1.67. The fourth-order valence-corrected chi connectivity index (χ4v) is 2.03. The topological polar surface area (TPSA) is 18.5 Å². The summed E-state index contributed by atoms with van der Waals surface area (Å²) in [5, 5.41) is 0. The zero-order valence-corrected chi connectivity index (χ0v) is 12.6. The van der Waals surface area contributed by atoms with Crippen molar-refractivity contribution in [1.29, 1.82) is 0 Å². The molecule has 0 fully saturated rings. The Morgan fingerprint density at radius 3 is 2.30 bits per heavy atom.